The van der Waals surface area contributed by atoms with Gasteiger partial charge in [-0.3, -0.25) is 24.8 Å². The van der Waals surface area contributed by atoms with Crippen molar-refractivity contribution in [2.75, 3.05) is 5.32 Å². The highest BCUT2D eigenvalue weighted by Gasteiger charge is 2.16. The number of H-pyrrole nitrogens is 1. The van der Waals surface area contributed by atoms with Gasteiger partial charge in [0.15, 0.2) is 0 Å². The summed E-state index contributed by atoms with van der Waals surface area (Å²) in [6.45, 7) is 0. The number of hydrogen-bond donors (Lipinski definition) is 3. The van der Waals surface area contributed by atoms with Crippen molar-refractivity contribution in [3.8, 4) is 0 Å². The summed E-state index contributed by atoms with van der Waals surface area (Å²) in [5.74, 6) is -1.06. The smallest absolute Gasteiger partial charge is 0.272 e. The highest BCUT2D eigenvalue weighted by atomic mass is 16.6. The van der Waals surface area contributed by atoms with Crippen molar-refractivity contribution in [3.05, 3.63) is 106 Å². The first-order valence-corrected chi connectivity index (χ1v) is 9.56. The van der Waals surface area contributed by atoms with Gasteiger partial charge in [-0.2, -0.15) is 5.10 Å². The Morgan fingerprint density at radius 3 is 2.59 bits per heavy atom. The number of nitro groups is 1. The van der Waals surface area contributed by atoms with E-state index in [1.54, 1.807) is 60.8 Å². The molecule has 3 N–H and O–H groups in total. The summed E-state index contributed by atoms with van der Waals surface area (Å²) >= 11 is 0. The minimum Gasteiger partial charge on any atom is -0.321 e. The maximum atomic E-state index is 13.0. The first kappa shape index (κ1) is 20.5. The molecule has 0 spiro atoms. The van der Waals surface area contributed by atoms with Crippen LogP contribution in [0.3, 0.4) is 0 Å². The average molecular weight is 427 g/mol. The number of carbonyl (C=O) groups is 2. The lowest BCUT2D eigenvalue weighted by atomic mass is 10.1. The summed E-state index contributed by atoms with van der Waals surface area (Å²) in [6.07, 6.45) is 3.02. The second-order valence-electron chi connectivity index (χ2n) is 6.86. The number of anilines is 1. The van der Waals surface area contributed by atoms with Crippen LogP contribution in [-0.4, -0.2) is 26.9 Å². The van der Waals surface area contributed by atoms with Gasteiger partial charge in [-0.25, -0.2) is 0 Å². The zero-order valence-electron chi connectivity index (χ0n) is 16.6. The number of aromatic nitrogens is 2. The fourth-order valence-corrected chi connectivity index (χ4v) is 3.06. The lowest BCUT2D eigenvalue weighted by Crippen LogP contribution is -2.30. The van der Waals surface area contributed by atoms with E-state index in [1.807, 2.05) is 0 Å². The Hall–Kier alpha value is -4.79. The van der Waals surface area contributed by atoms with Crippen LogP contribution < -0.4 is 10.6 Å². The third kappa shape index (κ3) is 4.68. The quantitative estimate of drug-likeness (QED) is 0.244. The zero-order chi connectivity index (χ0) is 22.5. The number of nitro benzene ring substituents is 1. The van der Waals surface area contributed by atoms with E-state index in [1.165, 1.54) is 24.3 Å². The molecule has 0 saturated heterocycles. The summed E-state index contributed by atoms with van der Waals surface area (Å²) < 4.78 is 0. The van der Waals surface area contributed by atoms with Crippen LogP contribution in [0, 0.1) is 10.1 Å². The molecule has 9 heteroatoms. The van der Waals surface area contributed by atoms with Gasteiger partial charge in [0, 0.05) is 28.8 Å². The molecule has 0 fully saturated rings. The van der Waals surface area contributed by atoms with Crippen molar-refractivity contribution in [2.45, 2.75) is 0 Å². The molecule has 3 aromatic carbocycles. The maximum absolute atomic E-state index is 13.0. The lowest BCUT2D eigenvalue weighted by Gasteiger charge is -2.11. The van der Waals surface area contributed by atoms with E-state index in [-0.39, 0.29) is 11.4 Å². The van der Waals surface area contributed by atoms with E-state index in [0.29, 0.717) is 16.8 Å². The van der Waals surface area contributed by atoms with Crippen LogP contribution in [0.2, 0.25) is 0 Å². The highest BCUT2D eigenvalue weighted by molar-refractivity contribution is 6.11. The number of hydrogen-bond acceptors (Lipinski definition) is 5. The summed E-state index contributed by atoms with van der Waals surface area (Å²) in [5.41, 5.74) is 1.88. The number of non-ortho nitro benzene ring substituents is 1. The Morgan fingerprint density at radius 1 is 1.00 bits per heavy atom. The van der Waals surface area contributed by atoms with E-state index in [4.69, 9.17) is 0 Å². The molecular weight excluding hydrogens is 410 g/mol. The molecular formula is C23H17N5O4. The molecule has 9 nitrogen and oxygen atoms in total. The van der Waals surface area contributed by atoms with E-state index in [2.05, 4.69) is 20.8 Å². The third-order valence-corrected chi connectivity index (χ3v) is 4.62. The van der Waals surface area contributed by atoms with E-state index >= 15 is 0 Å². The summed E-state index contributed by atoms with van der Waals surface area (Å²) in [5, 5.41) is 24.0. The van der Waals surface area contributed by atoms with Crippen molar-refractivity contribution in [3.63, 3.8) is 0 Å². The first-order valence-electron chi connectivity index (χ1n) is 9.56. The Balaban J connectivity index is 1.65. The number of aromatic amines is 1. The van der Waals surface area contributed by atoms with Crippen LogP contribution >= 0.6 is 0 Å². The molecule has 1 heterocycles. The first-order chi connectivity index (χ1) is 15.5. The van der Waals surface area contributed by atoms with Crippen LogP contribution in [0.15, 0.2) is 84.7 Å². The predicted octanol–water partition coefficient (Wildman–Crippen LogP) is 3.88. The number of rotatable bonds is 6. The molecule has 0 saturated carbocycles. The number of nitrogens with zero attached hydrogens (tertiary/aromatic N) is 2. The van der Waals surface area contributed by atoms with Crippen LogP contribution in [0.1, 0.15) is 15.9 Å². The normalized spacial score (nSPS) is 11.2. The fourth-order valence-electron chi connectivity index (χ4n) is 3.06. The number of amides is 2. The van der Waals surface area contributed by atoms with Crippen molar-refractivity contribution < 1.29 is 14.5 Å². The van der Waals surface area contributed by atoms with Crippen molar-refractivity contribution >= 4 is 40.2 Å². The molecule has 2 amide bonds. The number of nitrogens with one attached hydrogen (secondary N) is 3. The Morgan fingerprint density at radius 2 is 1.81 bits per heavy atom. The molecule has 0 bridgehead atoms. The van der Waals surface area contributed by atoms with Crippen LogP contribution in [0.4, 0.5) is 11.4 Å². The third-order valence-electron chi connectivity index (χ3n) is 4.62. The van der Waals surface area contributed by atoms with Crippen LogP contribution in [-0.2, 0) is 4.79 Å². The molecule has 158 valence electrons. The molecule has 0 atom stereocenters. The van der Waals surface area contributed by atoms with Crippen molar-refractivity contribution in [1.29, 1.82) is 0 Å². The molecule has 32 heavy (non-hydrogen) atoms. The topological polar surface area (TPSA) is 130 Å². The Bertz CT molecular complexity index is 1340. The molecule has 0 aliphatic rings. The van der Waals surface area contributed by atoms with Gasteiger partial charge in [-0.05, 0) is 42.0 Å². The summed E-state index contributed by atoms with van der Waals surface area (Å²) in [7, 11) is 0. The van der Waals surface area contributed by atoms with Crippen molar-refractivity contribution in [1.82, 2.24) is 15.5 Å². The van der Waals surface area contributed by atoms with Gasteiger partial charge in [-0.1, -0.05) is 30.3 Å². The fraction of sp³-hybridized carbons (Fsp3) is 0. The van der Waals surface area contributed by atoms with Gasteiger partial charge in [0.25, 0.3) is 17.5 Å². The van der Waals surface area contributed by atoms with Gasteiger partial charge in [0.2, 0.25) is 0 Å². The SMILES string of the molecule is O=C(Nc1ccc2[nH]ncc2c1)/C(=C\c1cccc([N+](=O)[O-])c1)NC(=O)c1ccccc1. The standard InChI is InChI=1S/C23H17N5O4/c29-22(16-6-2-1-3-7-16)26-21(12-15-5-4-8-19(11-15)28(31)32)23(30)25-18-9-10-20-17(13-18)14-24-27-20/h1-14H,(H,24,27)(H,25,30)(H,26,29)/b21-12+. The van der Waals surface area contributed by atoms with Gasteiger partial charge < -0.3 is 10.6 Å². The minimum absolute atomic E-state index is 0.0633. The largest absolute Gasteiger partial charge is 0.321 e. The summed E-state index contributed by atoms with van der Waals surface area (Å²) in [6, 6.07) is 19.4. The number of fused-ring (bicyclic) bond motifs is 1. The van der Waals surface area contributed by atoms with E-state index < -0.39 is 16.7 Å². The van der Waals surface area contributed by atoms with Gasteiger partial charge in [0.05, 0.1) is 16.6 Å². The molecule has 0 aliphatic carbocycles. The highest BCUT2D eigenvalue weighted by Crippen LogP contribution is 2.19. The molecule has 1 aromatic heterocycles. The van der Waals surface area contributed by atoms with Gasteiger partial charge >= 0.3 is 0 Å². The molecule has 4 rings (SSSR count). The summed E-state index contributed by atoms with van der Waals surface area (Å²) in [4.78, 5) is 36.3. The number of benzene rings is 3. The monoisotopic (exact) mass is 427 g/mol. The van der Waals surface area contributed by atoms with Crippen molar-refractivity contribution in [2.24, 2.45) is 0 Å². The maximum Gasteiger partial charge on any atom is 0.272 e. The predicted molar refractivity (Wildman–Crippen MR) is 120 cm³/mol. The molecule has 0 aliphatic heterocycles. The Labute approximate surface area is 181 Å². The lowest BCUT2D eigenvalue weighted by molar-refractivity contribution is -0.384. The molecule has 0 unspecified atom stereocenters. The average Bonchev–Trinajstić information content (AvgIpc) is 3.27. The molecule has 0 radical (unpaired) electrons. The Kier molecular flexibility index (Phi) is 5.71. The van der Waals surface area contributed by atoms with Gasteiger partial charge in [-0.15, -0.1) is 0 Å². The second-order valence-corrected chi connectivity index (χ2v) is 6.86. The van der Waals surface area contributed by atoms with E-state index in [9.17, 15) is 19.7 Å². The molecule has 4 aromatic rings. The zero-order valence-corrected chi connectivity index (χ0v) is 16.6. The van der Waals surface area contributed by atoms with E-state index in [0.717, 1.165) is 10.9 Å². The van der Waals surface area contributed by atoms with Crippen LogP contribution in [0.5, 0.6) is 0 Å². The number of carbonyl (C=O) groups excluding carboxylic acids is 2. The minimum atomic E-state index is -0.580. The van der Waals surface area contributed by atoms with Gasteiger partial charge in [0.1, 0.15) is 5.70 Å². The van der Waals surface area contributed by atoms with Crippen LogP contribution in [0.25, 0.3) is 17.0 Å². The second kappa shape index (κ2) is 8.92.